The summed E-state index contributed by atoms with van der Waals surface area (Å²) in [4.78, 5) is 4.27. The molecule has 0 atom stereocenters. The van der Waals surface area contributed by atoms with Gasteiger partial charge in [0.1, 0.15) is 5.82 Å². The van der Waals surface area contributed by atoms with Crippen molar-refractivity contribution in [1.82, 2.24) is 5.32 Å². The second kappa shape index (κ2) is 9.96. The molecule has 0 aromatic heterocycles. The van der Waals surface area contributed by atoms with Gasteiger partial charge in [-0.05, 0) is 35.4 Å². The van der Waals surface area contributed by atoms with Crippen LogP contribution in [0.4, 0.5) is 4.39 Å². The lowest BCUT2D eigenvalue weighted by molar-refractivity contribution is 0.354. The summed E-state index contributed by atoms with van der Waals surface area (Å²) in [5.74, 6) is 1.38. The van der Waals surface area contributed by atoms with Gasteiger partial charge in [-0.3, -0.25) is 0 Å². The third-order valence-electron chi connectivity index (χ3n) is 3.27. The average Bonchev–Trinajstić information content (AvgIpc) is 2.59. The molecule has 130 valence electrons. The van der Waals surface area contributed by atoms with E-state index in [2.05, 4.69) is 10.3 Å². The molecule has 2 aromatic carbocycles. The first-order valence-electron chi connectivity index (χ1n) is 7.11. The lowest BCUT2D eigenvalue weighted by atomic mass is 10.2. The largest absolute Gasteiger partial charge is 0.493 e. The van der Waals surface area contributed by atoms with Crippen LogP contribution in [0.3, 0.4) is 0 Å². The topological polar surface area (TPSA) is 68.9 Å². The Kier molecular flexibility index (Phi) is 8.31. The van der Waals surface area contributed by atoms with Crippen molar-refractivity contribution in [3.05, 3.63) is 59.4 Å². The molecule has 0 unspecified atom stereocenters. The number of nitrogens with two attached hydrogens (primary N) is 1. The lowest BCUT2D eigenvalue weighted by Crippen LogP contribution is -2.31. The van der Waals surface area contributed by atoms with Gasteiger partial charge in [0.2, 0.25) is 0 Å². The molecule has 0 aliphatic heterocycles. The van der Waals surface area contributed by atoms with E-state index in [4.69, 9.17) is 15.2 Å². The highest BCUT2D eigenvalue weighted by molar-refractivity contribution is 14.0. The van der Waals surface area contributed by atoms with Crippen LogP contribution in [0.1, 0.15) is 11.1 Å². The maximum atomic E-state index is 12.8. The highest BCUT2D eigenvalue weighted by atomic mass is 127. The second-order valence-electron chi connectivity index (χ2n) is 4.87. The van der Waals surface area contributed by atoms with Crippen LogP contribution in [0.2, 0.25) is 0 Å². The average molecular weight is 445 g/mol. The zero-order chi connectivity index (χ0) is 16.7. The Balaban J connectivity index is 0.00000288. The summed E-state index contributed by atoms with van der Waals surface area (Å²) in [6.07, 6.45) is 0. The number of hydrogen-bond acceptors (Lipinski definition) is 3. The van der Waals surface area contributed by atoms with Gasteiger partial charge in [-0.1, -0.05) is 18.2 Å². The minimum absolute atomic E-state index is 0. The van der Waals surface area contributed by atoms with Crippen LogP contribution in [0.25, 0.3) is 0 Å². The molecule has 2 rings (SSSR count). The Morgan fingerprint density at radius 2 is 1.67 bits per heavy atom. The van der Waals surface area contributed by atoms with E-state index >= 15 is 0 Å². The van der Waals surface area contributed by atoms with Gasteiger partial charge in [0.05, 0.1) is 20.8 Å². The monoisotopic (exact) mass is 445 g/mol. The first-order chi connectivity index (χ1) is 11.1. The van der Waals surface area contributed by atoms with E-state index in [0.29, 0.717) is 30.5 Å². The van der Waals surface area contributed by atoms with Gasteiger partial charge >= 0.3 is 0 Å². The predicted molar refractivity (Wildman–Crippen MR) is 104 cm³/mol. The number of halogens is 2. The van der Waals surface area contributed by atoms with Gasteiger partial charge in [0.15, 0.2) is 17.5 Å². The van der Waals surface area contributed by atoms with Crippen LogP contribution in [0.5, 0.6) is 11.5 Å². The Morgan fingerprint density at radius 1 is 1.04 bits per heavy atom. The molecule has 0 radical (unpaired) electrons. The lowest BCUT2D eigenvalue weighted by Gasteiger charge is -2.09. The molecule has 0 heterocycles. The number of guanidine groups is 1. The van der Waals surface area contributed by atoms with Crippen molar-refractivity contribution >= 4 is 29.9 Å². The summed E-state index contributed by atoms with van der Waals surface area (Å²) >= 11 is 0. The standard InChI is InChI=1S/C17H20FN3O2.HI/c1-22-15-8-5-13(9-16(15)23-2)11-21-17(19)20-10-12-3-6-14(18)7-4-12;/h3-9H,10-11H2,1-2H3,(H3,19,20,21);1H. The number of ether oxygens (including phenoxy) is 2. The van der Waals surface area contributed by atoms with E-state index in [1.165, 1.54) is 12.1 Å². The minimum atomic E-state index is -0.260. The summed E-state index contributed by atoms with van der Waals surface area (Å²) < 4.78 is 23.3. The molecule has 0 fully saturated rings. The third kappa shape index (κ3) is 5.88. The molecule has 0 aliphatic rings. The number of nitrogens with one attached hydrogen (secondary N) is 1. The van der Waals surface area contributed by atoms with Crippen LogP contribution < -0.4 is 20.5 Å². The fourth-order valence-corrected chi connectivity index (χ4v) is 2.01. The van der Waals surface area contributed by atoms with E-state index in [1.54, 1.807) is 26.4 Å². The van der Waals surface area contributed by atoms with E-state index in [0.717, 1.165) is 11.1 Å². The third-order valence-corrected chi connectivity index (χ3v) is 3.27. The van der Waals surface area contributed by atoms with Crippen molar-refractivity contribution in [3.63, 3.8) is 0 Å². The van der Waals surface area contributed by atoms with Gasteiger partial charge < -0.3 is 20.5 Å². The Bertz CT molecular complexity index is 678. The molecule has 0 amide bonds. The highest BCUT2D eigenvalue weighted by Gasteiger charge is 2.04. The number of methoxy groups -OCH3 is 2. The summed E-state index contributed by atoms with van der Waals surface area (Å²) in [7, 11) is 3.18. The van der Waals surface area contributed by atoms with Crippen LogP contribution in [0.15, 0.2) is 47.5 Å². The Morgan fingerprint density at radius 3 is 2.29 bits per heavy atom. The second-order valence-corrected chi connectivity index (χ2v) is 4.87. The van der Waals surface area contributed by atoms with Gasteiger partial charge in [0.25, 0.3) is 0 Å². The Hall–Kier alpha value is -2.03. The van der Waals surface area contributed by atoms with Crippen LogP contribution >= 0.6 is 24.0 Å². The van der Waals surface area contributed by atoms with Crippen molar-refractivity contribution < 1.29 is 13.9 Å². The molecule has 2 aromatic rings. The van der Waals surface area contributed by atoms with E-state index in [9.17, 15) is 4.39 Å². The molecule has 7 heteroatoms. The van der Waals surface area contributed by atoms with Crippen molar-refractivity contribution in [2.75, 3.05) is 14.2 Å². The number of rotatable bonds is 6. The molecule has 24 heavy (non-hydrogen) atoms. The number of hydrogen-bond donors (Lipinski definition) is 2. The fraction of sp³-hybridized carbons (Fsp3) is 0.235. The van der Waals surface area contributed by atoms with E-state index in [-0.39, 0.29) is 29.8 Å². The zero-order valence-electron chi connectivity index (χ0n) is 13.6. The molecule has 0 saturated heterocycles. The minimum Gasteiger partial charge on any atom is -0.493 e. The van der Waals surface area contributed by atoms with E-state index in [1.807, 2.05) is 18.2 Å². The van der Waals surface area contributed by atoms with Crippen molar-refractivity contribution in [2.24, 2.45) is 10.7 Å². The first-order valence-corrected chi connectivity index (χ1v) is 7.11. The van der Waals surface area contributed by atoms with Crippen LogP contribution in [-0.2, 0) is 13.1 Å². The molecule has 3 N–H and O–H groups in total. The number of aliphatic imine (C=N–C) groups is 1. The molecule has 0 spiro atoms. The Labute approximate surface area is 158 Å². The van der Waals surface area contributed by atoms with Gasteiger partial charge in [-0.15, -0.1) is 24.0 Å². The molecular formula is C17H21FIN3O2. The van der Waals surface area contributed by atoms with Gasteiger partial charge in [-0.2, -0.15) is 0 Å². The molecule has 5 nitrogen and oxygen atoms in total. The molecule has 0 saturated carbocycles. The number of nitrogens with zero attached hydrogens (tertiary/aromatic N) is 1. The van der Waals surface area contributed by atoms with Crippen molar-refractivity contribution in [2.45, 2.75) is 13.1 Å². The van der Waals surface area contributed by atoms with Crippen molar-refractivity contribution in [3.8, 4) is 11.5 Å². The van der Waals surface area contributed by atoms with Gasteiger partial charge in [-0.25, -0.2) is 9.38 Å². The molecular weight excluding hydrogens is 424 g/mol. The van der Waals surface area contributed by atoms with Crippen LogP contribution in [-0.4, -0.2) is 20.2 Å². The summed E-state index contributed by atoms with van der Waals surface area (Å²) in [6.45, 7) is 0.907. The fourth-order valence-electron chi connectivity index (χ4n) is 2.01. The maximum Gasteiger partial charge on any atom is 0.189 e. The van der Waals surface area contributed by atoms with Crippen molar-refractivity contribution in [1.29, 1.82) is 0 Å². The first kappa shape index (κ1) is 20.0. The highest BCUT2D eigenvalue weighted by Crippen LogP contribution is 2.27. The number of benzene rings is 2. The predicted octanol–water partition coefficient (Wildman–Crippen LogP) is 3.07. The van der Waals surface area contributed by atoms with Crippen LogP contribution in [0, 0.1) is 5.82 Å². The molecule has 0 aliphatic carbocycles. The summed E-state index contributed by atoms with van der Waals surface area (Å²) in [6, 6.07) is 11.8. The quantitative estimate of drug-likeness (QED) is 0.408. The summed E-state index contributed by atoms with van der Waals surface area (Å²) in [5, 5.41) is 2.99. The van der Waals surface area contributed by atoms with E-state index < -0.39 is 0 Å². The SMILES string of the molecule is COc1ccc(CN=C(N)NCc2ccc(F)cc2)cc1OC.I. The normalized spacial score (nSPS) is 10.7. The van der Waals surface area contributed by atoms with Gasteiger partial charge in [0, 0.05) is 6.54 Å². The summed E-state index contributed by atoms with van der Waals surface area (Å²) in [5.41, 5.74) is 7.71. The zero-order valence-corrected chi connectivity index (χ0v) is 15.9. The smallest absolute Gasteiger partial charge is 0.189 e. The maximum absolute atomic E-state index is 12.8. The molecule has 0 bridgehead atoms.